The highest BCUT2D eigenvalue weighted by molar-refractivity contribution is 7.89. The number of hydrogen-bond donors (Lipinski definition) is 1. The first kappa shape index (κ1) is 25.0. The first-order valence-corrected chi connectivity index (χ1v) is 11.9. The van der Waals surface area contributed by atoms with Crippen molar-refractivity contribution >= 4 is 15.8 Å². The van der Waals surface area contributed by atoms with Gasteiger partial charge in [0.15, 0.2) is 5.78 Å². The van der Waals surface area contributed by atoms with Crippen LogP contribution in [0.5, 0.6) is 11.5 Å². The van der Waals surface area contributed by atoms with E-state index in [9.17, 15) is 26.4 Å². The molecule has 1 aliphatic rings. The fourth-order valence-electron chi connectivity index (χ4n) is 3.54. The molecule has 3 rings (SSSR count). The summed E-state index contributed by atoms with van der Waals surface area (Å²) in [6.45, 7) is 3.25. The maximum atomic E-state index is 12.7. The number of Topliss-reactive ketones (excluding diaryl/α,β-unsaturated/α-hetero) is 1. The minimum absolute atomic E-state index is 0.0188. The van der Waals surface area contributed by atoms with Crippen LogP contribution >= 0.6 is 0 Å². The average Bonchev–Trinajstić information content (AvgIpc) is 3.17. The Morgan fingerprint density at radius 2 is 1.73 bits per heavy atom. The molecule has 0 aromatic heterocycles. The molecule has 1 heterocycles. The third-order valence-corrected chi connectivity index (χ3v) is 6.62. The highest BCUT2D eigenvalue weighted by Gasteiger charge is 2.32. The summed E-state index contributed by atoms with van der Waals surface area (Å²) in [4.78, 5) is 13.2. The molecule has 1 fully saturated rings. The van der Waals surface area contributed by atoms with Gasteiger partial charge in [0.1, 0.15) is 11.5 Å². The van der Waals surface area contributed by atoms with E-state index in [1.807, 2.05) is 4.90 Å². The van der Waals surface area contributed by atoms with Crippen molar-refractivity contribution < 1.29 is 35.9 Å². The van der Waals surface area contributed by atoms with E-state index in [0.717, 1.165) is 37.2 Å². The molecule has 2 aromatic carbocycles. The Morgan fingerprint density at radius 3 is 2.33 bits per heavy atom. The van der Waals surface area contributed by atoms with Crippen molar-refractivity contribution in [3.05, 3.63) is 54.1 Å². The van der Waals surface area contributed by atoms with Crippen LogP contribution in [-0.2, 0) is 10.0 Å². The lowest BCUT2D eigenvalue weighted by Gasteiger charge is -2.25. The molecule has 1 N–H and O–H groups in total. The van der Waals surface area contributed by atoms with Crippen LogP contribution in [-0.4, -0.2) is 51.3 Å². The van der Waals surface area contributed by atoms with E-state index in [0.29, 0.717) is 37.3 Å². The number of carbonyl (C=O) groups is 1. The second-order valence-corrected chi connectivity index (χ2v) is 9.33. The number of nitrogens with one attached hydrogen (secondary N) is 1. The molecular formula is C22H25F3N2O5S. The van der Waals surface area contributed by atoms with Gasteiger partial charge in [-0.2, -0.15) is 4.72 Å². The Kier molecular flexibility index (Phi) is 7.98. The maximum Gasteiger partial charge on any atom is 0.573 e. The summed E-state index contributed by atoms with van der Waals surface area (Å²) < 4.78 is 74.3. The van der Waals surface area contributed by atoms with E-state index < -0.39 is 28.3 Å². The lowest BCUT2D eigenvalue weighted by Crippen LogP contribution is -2.44. The number of alkyl halides is 3. The highest BCUT2D eigenvalue weighted by Crippen LogP contribution is 2.25. The molecule has 0 amide bonds. The molecule has 180 valence electrons. The third-order valence-electron chi connectivity index (χ3n) is 5.14. The molecule has 0 saturated carbocycles. The van der Waals surface area contributed by atoms with Crippen LogP contribution in [0.2, 0.25) is 0 Å². The fourth-order valence-corrected chi connectivity index (χ4v) is 4.79. The predicted molar refractivity (Wildman–Crippen MR) is 115 cm³/mol. The number of halogens is 3. The van der Waals surface area contributed by atoms with Gasteiger partial charge in [-0.25, -0.2) is 8.42 Å². The molecule has 0 spiro atoms. The minimum atomic E-state index is -4.84. The molecule has 1 saturated heterocycles. The molecular weight excluding hydrogens is 461 g/mol. The summed E-state index contributed by atoms with van der Waals surface area (Å²) in [6, 6.07) is 10.9. The largest absolute Gasteiger partial charge is 0.573 e. The van der Waals surface area contributed by atoms with Crippen molar-refractivity contribution in [3.63, 3.8) is 0 Å². The zero-order valence-electron chi connectivity index (χ0n) is 18.0. The topological polar surface area (TPSA) is 84.9 Å². The van der Waals surface area contributed by atoms with Gasteiger partial charge in [0.2, 0.25) is 10.0 Å². The Bertz CT molecular complexity index is 1040. The number of likely N-dealkylation sites (tertiary alicyclic amines) is 1. The number of ketones is 1. The van der Waals surface area contributed by atoms with Crippen LogP contribution < -0.4 is 14.2 Å². The Morgan fingerprint density at radius 1 is 1.09 bits per heavy atom. The molecule has 0 radical (unpaired) electrons. The number of benzene rings is 2. The summed E-state index contributed by atoms with van der Waals surface area (Å²) >= 11 is 0. The molecule has 0 bridgehead atoms. The number of nitrogens with zero attached hydrogens (tertiary/aromatic N) is 1. The number of carbonyl (C=O) groups excluding carboxylic acids is 1. The maximum absolute atomic E-state index is 12.7. The van der Waals surface area contributed by atoms with Crippen molar-refractivity contribution in [2.24, 2.45) is 0 Å². The fraction of sp³-hybridized carbons (Fsp3) is 0.409. The molecule has 0 aliphatic carbocycles. The molecule has 2 aromatic rings. The van der Waals surface area contributed by atoms with E-state index in [1.165, 1.54) is 6.92 Å². The molecule has 11 heteroatoms. The van der Waals surface area contributed by atoms with Gasteiger partial charge in [-0.05, 0) is 81.3 Å². The van der Waals surface area contributed by atoms with Gasteiger partial charge in [-0.1, -0.05) is 0 Å². The summed E-state index contributed by atoms with van der Waals surface area (Å²) in [5.41, 5.74) is 0.608. The molecule has 1 atom stereocenters. The highest BCUT2D eigenvalue weighted by atomic mass is 32.2. The van der Waals surface area contributed by atoms with Crippen molar-refractivity contribution in [2.45, 2.75) is 43.6 Å². The van der Waals surface area contributed by atoms with Crippen LogP contribution in [0.3, 0.4) is 0 Å². The SMILES string of the molecule is CC(=O)c1ccc(OCCCN2CCCC2NS(=O)(=O)c2ccc(OC(F)(F)F)cc2)cc1. The van der Waals surface area contributed by atoms with Gasteiger partial charge in [-0.15, -0.1) is 13.2 Å². The average molecular weight is 487 g/mol. The summed E-state index contributed by atoms with van der Waals surface area (Å²) in [7, 11) is -3.91. The number of sulfonamides is 1. The van der Waals surface area contributed by atoms with E-state index in [2.05, 4.69) is 9.46 Å². The van der Waals surface area contributed by atoms with Crippen molar-refractivity contribution in [2.75, 3.05) is 19.7 Å². The monoisotopic (exact) mass is 486 g/mol. The lowest BCUT2D eigenvalue weighted by molar-refractivity contribution is -0.274. The molecule has 33 heavy (non-hydrogen) atoms. The van der Waals surface area contributed by atoms with Gasteiger partial charge in [-0.3, -0.25) is 9.69 Å². The number of rotatable bonds is 10. The number of ether oxygens (including phenoxy) is 2. The number of hydrogen-bond acceptors (Lipinski definition) is 6. The van der Waals surface area contributed by atoms with Crippen molar-refractivity contribution in [3.8, 4) is 11.5 Å². The lowest BCUT2D eigenvalue weighted by atomic mass is 10.1. The second kappa shape index (κ2) is 10.5. The van der Waals surface area contributed by atoms with Crippen molar-refractivity contribution in [1.82, 2.24) is 9.62 Å². The van der Waals surface area contributed by atoms with Gasteiger partial charge in [0.05, 0.1) is 17.7 Å². The second-order valence-electron chi connectivity index (χ2n) is 7.62. The minimum Gasteiger partial charge on any atom is -0.494 e. The third kappa shape index (κ3) is 7.44. The Hall–Kier alpha value is -2.63. The zero-order chi connectivity index (χ0) is 24.1. The summed E-state index contributed by atoms with van der Waals surface area (Å²) in [5.74, 6) is 0.145. The zero-order valence-corrected chi connectivity index (χ0v) is 18.8. The van der Waals surface area contributed by atoms with E-state index in [1.54, 1.807) is 24.3 Å². The van der Waals surface area contributed by atoms with E-state index >= 15 is 0 Å². The Balaban J connectivity index is 1.49. The molecule has 1 aliphatic heterocycles. The van der Waals surface area contributed by atoms with Gasteiger partial charge in [0, 0.05) is 12.1 Å². The van der Waals surface area contributed by atoms with Gasteiger partial charge >= 0.3 is 6.36 Å². The van der Waals surface area contributed by atoms with Crippen LogP contribution in [0, 0.1) is 0 Å². The standard InChI is InChI=1S/C22H25F3N2O5S/c1-16(28)17-5-7-18(8-6-17)31-15-3-14-27-13-2-4-21(27)26-33(29,30)20-11-9-19(10-12-20)32-22(23,24)25/h5-12,21,26H,2-4,13-15H2,1H3. The van der Waals surface area contributed by atoms with Gasteiger partial charge in [0.25, 0.3) is 0 Å². The van der Waals surface area contributed by atoms with Crippen molar-refractivity contribution in [1.29, 1.82) is 0 Å². The first-order chi connectivity index (χ1) is 15.5. The van der Waals surface area contributed by atoms with Crippen LogP contribution in [0.4, 0.5) is 13.2 Å². The molecule has 1 unspecified atom stereocenters. The summed E-state index contributed by atoms with van der Waals surface area (Å²) in [5, 5.41) is 0. The van der Waals surface area contributed by atoms with E-state index in [-0.39, 0.29) is 10.7 Å². The smallest absolute Gasteiger partial charge is 0.494 e. The van der Waals surface area contributed by atoms with Crippen LogP contribution in [0.25, 0.3) is 0 Å². The quantitative estimate of drug-likeness (QED) is 0.404. The van der Waals surface area contributed by atoms with Gasteiger partial charge < -0.3 is 9.47 Å². The first-order valence-electron chi connectivity index (χ1n) is 10.4. The normalized spacial score (nSPS) is 17.2. The Labute approximate surface area is 190 Å². The van der Waals surface area contributed by atoms with Crippen LogP contribution in [0.1, 0.15) is 36.5 Å². The van der Waals surface area contributed by atoms with Crippen LogP contribution in [0.15, 0.2) is 53.4 Å². The predicted octanol–water partition coefficient (Wildman–Crippen LogP) is 3.96. The molecule has 7 nitrogen and oxygen atoms in total. The summed E-state index contributed by atoms with van der Waals surface area (Å²) in [6.07, 6.45) is -3.14. The van der Waals surface area contributed by atoms with E-state index in [4.69, 9.17) is 4.74 Å².